The Morgan fingerprint density at radius 1 is 1.23 bits per heavy atom. The van der Waals surface area contributed by atoms with E-state index in [1.54, 1.807) is 24.0 Å². The zero-order valence-corrected chi connectivity index (χ0v) is 24.0. The molecule has 13 nitrogen and oxygen atoms in total. The highest BCUT2D eigenvalue weighted by Crippen LogP contribution is 2.29. The van der Waals surface area contributed by atoms with Gasteiger partial charge in [-0.25, -0.2) is 9.78 Å². The fourth-order valence-corrected chi connectivity index (χ4v) is 5.27. The summed E-state index contributed by atoms with van der Waals surface area (Å²) in [6.07, 6.45) is 1.51. The number of nitrogens with one attached hydrogen (secondary N) is 1. The second-order valence-electron chi connectivity index (χ2n) is 9.36. The molecule has 1 amide bonds. The summed E-state index contributed by atoms with van der Waals surface area (Å²) >= 11 is 12.1. The van der Waals surface area contributed by atoms with Crippen LogP contribution in [-0.4, -0.2) is 85.2 Å². The van der Waals surface area contributed by atoms with E-state index in [1.165, 1.54) is 24.8 Å². The number of rotatable bonds is 9. The van der Waals surface area contributed by atoms with Crippen molar-refractivity contribution in [1.82, 2.24) is 38.5 Å². The highest BCUT2D eigenvalue weighted by Gasteiger charge is 2.34. The first-order valence-corrected chi connectivity index (χ1v) is 14.1. The molecule has 0 saturated carbocycles. The van der Waals surface area contributed by atoms with Crippen LogP contribution in [0.4, 0.5) is 0 Å². The number of aromatic carboxylic acids is 1. The van der Waals surface area contributed by atoms with E-state index in [-0.39, 0.29) is 41.6 Å². The average molecular weight is 600 g/mol. The van der Waals surface area contributed by atoms with Crippen LogP contribution in [0.15, 0.2) is 24.5 Å². The summed E-state index contributed by atoms with van der Waals surface area (Å²) in [5, 5.41) is 22.3. The fourth-order valence-electron chi connectivity index (χ4n) is 4.28. The Labute approximate surface area is 235 Å². The predicted octanol–water partition coefficient (Wildman–Crippen LogP) is 2.07. The molecular weight excluding hydrogens is 571 g/mol. The number of carbonyl (C=O) groups is 2. The van der Waals surface area contributed by atoms with Crippen LogP contribution in [0.3, 0.4) is 0 Å². The van der Waals surface area contributed by atoms with E-state index in [2.05, 4.69) is 20.5 Å². The summed E-state index contributed by atoms with van der Waals surface area (Å²) in [6.45, 7) is 4.25. The Morgan fingerprint density at radius 3 is 2.59 bits per heavy atom. The first-order valence-electron chi connectivity index (χ1n) is 12.0. The number of benzene rings is 1. The molecule has 1 aliphatic heterocycles. The predicted molar refractivity (Wildman–Crippen MR) is 143 cm³/mol. The molecular formula is C23H28Cl2N8O5S. The van der Waals surface area contributed by atoms with Gasteiger partial charge in [0.25, 0.3) is 5.91 Å². The summed E-state index contributed by atoms with van der Waals surface area (Å²) in [5.74, 6) is -1.17. The van der Waals surface area contributed by atoms with E-state index in [9.17, 15) is 23.1 Å². The van der Waals surface area contributed by atoms with Gasteiger partial charge in [0, 0.05) is 44.2 Å². The molecule has 4 rings (SSSR count). The minimum atomic E-state index is -3.78. The molecule has 1 unspecified atom stereocenters. The number of fused-ring (bicyclic) bond motifs is 1. The third-order valence-electron chi connectivity index (χ3n) is 6.46. The van der Waals surface area contributed by atoms with E-state index in [1.807, 2.05) is 6.92 Å². The van der Waals surface area contributed by atoms with Gasteiger partial charge in [0.1, 0.15) is 6.33 Å². The van der Waals surface area contributed by atoms with Gasteiger partial charge in [-0.1, -0.05) is 23.2 Å². The van der Waals surface area contributed by atoms with Crippen molar-refractivity contribution in [3.8, 4) is 0 Å². The molecule has 2 atom stereocenters. The number of hydrogen-bond acceptors (Lipinski definition) is 8. The van der Waals surface area contributed by atoms with Crippen LogP contribution in [0.5, 0.6) is 0 Å². The quantitative estimate of drug-likeness (QED) is 0.376. The lowest BCUT2D eigenvalue weighted by Crippen LogP contribution is -2.42. The summed E-state index contributed by atoms with van der Waals surface area (Å²) in [5.41, 5.74) is 1.48. The normalized spacial score (nSPS) is 16.4. The maximum Gasteiger partial charge on any atom is 0.354 e. The zero-order chi connectivity index (χ0) is 28.6. The molecule has 0 aliphatic carbocycles. The number of nitrogens with zero attached hydrogens (tertiary/aromatic N) is 7. The van der Waals surface area contributed by atoms with Crippen molar-refractivity contribution in [1.29, 1.82) is 0 Å². The van der Waals surface area contributed by atoms with Crippen LogP contribution >= 0.6 is 23.2 Å². The maximum absolute atomic E-state index is 13.2. The molecule has 210 valence electrons. The van der Waals surface area contributed by atoms with Gasteiger partial charge < -0.3 is 15.3 Å². The van der Waals surface area contributed by atoms with E-state index in [0.29, 0.717) is 34.8 Å². The topological polar surface area (TPSA) is 156 Å². The van der Waals surface area contributed by atoms with E-state index < -0.39 is 22.2 Å². The van der Waals surface area contributed by atoms with Gasteiger partial charge in [-0.3, -0.25) is 9.48 Å². The monoisotopic (exact) mass is 598 g/mol. The molecule has 0 spiro atoms. The molecule has 3 aromatic rings. The number of carboxylic acid groups (broad SMARTS) is 1. The Bertz CT molecular complexity index is 1520. The van der Waals surface area contributed by atoms with Crippen LogP contribution in [0.2, 0.25) is 10.0 Å². The first-order chi connectivity index (χ1) is 18.3. The van der Waals surface area contributed by atoms with Gasteiger partial charge in [-0.05, 0) is 32.0 Å². The highest BCUT2D eigenvalue weighted by molar-refractivity contribution is 7.87. The molecule has 0 bridgehead atoms. The van der Waals surface area contributed by atoms with Gasteiger partial charge in [0.05, 0.1) is 34.9 Å². The van der Waals surface area contributed by atoms with Crippen molar-refractivity contribution < 1.29 is 23.1 Å². The molecule has 2 N–H and O–H groups in total. The zero-order valence-electron chi connectivity index (χ0n) is 21.7. The van der Waals surface area contributed by atoms with Gasteiger partial charge in [0.2, 0.25) is 0 Å². The summed E-state index contributed by atoms with van der Waals surface area (Å²) in [6, 6.07) is 3.99. The molecule has 0 radical (unpaired) electrons. The van der Waals surface area contributed by atoms with Gasteiger partial charge in [0.15, 0.2) is 11.5 Å². The standard InChI is InChI=1S/C23H28Cl2N8O5S/c1-13-9-19-16(11-31(13)22(34)15-5-6-17(24)18(25)10-15)20(23(35)36)32(28-19)8-7-26-14(2)21-27-12-33(29-21)39(37,38)30(3)4/h5-6,10,12-14,26H,7-9,11H2,1-4H3,(H,35,36)/t13-,14?/m1/s1. The van der Waals surface area contributed by atoms with Crippen molar-refractivity contribution in [2.45, 2.75) is 45.4 Å². The van der Waals surface area contributed by atoms with E-state index in [4.69, 9.17) is 23.2 Å². The van der Waals surface area contributed by atoms with Gasteiger partial charge in [-0.15, -0.1) is 9.19 Å². The summed E-state index contributed by atoms with van der Waals surface area (Å²) in [7, 11) is -0.990. The second-order valence-corrected chi connectivity index (χ2v) is 12.2. The van der Waals surface area contributed by atoms with Crippen molar-refractivity contribution in [2.24, 2.45) is 0 Å². The molecule has 1 aromatic carbocycles. The molecule has 16 heteroatoms. The maximum atomic E-state index is 13.2. The number of halogens is 2. The SMILES string of the molecule is CC(NCCn1nc2c(c1C(=O)O)CN(C(=O)c1ccc(Cl)c(Cl)c1)[C@H](C)C2)c1ncn(S(=O)(=O)N(C)C)n1. The van der Waals surface area contributed by atoms with Crippen LogP contribution in [0, 0.1) is 0 Å². The molecule has 0 saturated heterocycles. The number of carbonyl (C=O) groups excluding carboxylic acids is 1. The molecule has 39 heavy (non-hydrogen) atoms. The van der Waals surface area contributed by atoms with Crippen LogP contribution in [0.1, 0.15) is 57.8 Å². The van der Waals surface area contributed by atoms with Crippen LogP contribution in [-0.2, 0) is 29.7 Å². The third kappa shape index (κ3) is 5.79. The number of aromatic nitrogens is 5. The number of amides is 1. The smallest absolute Gasteiger partial charge is 0.354 e. The lowest BCUT2D eigenvalue weighted by molar-refractivity contribution is 0.0634. The molecule has 1 aliphatic rings. The van der Waals surface area contributed by atoms with Crippen LogP contribution in [0.25, 0.3) is 0 Å². The van der Waals surface area contributed by atoms with E-state index >= 15 is 0 Å². The lowest BCUT2D eigenvalue weighted by atomic mass is 9.98. The van der Waals surface area contributed by atoms with Crippen molar-refractivity contribution in [3.63, 3.8) is 0 Å². The Morgan fingerprint density at radius 2 is 1.95 bits per heavy atom. The minimum absolute atomic E-state index is 0.0118. The highest BCUT2D eigenvalue weighted by atomic mass is 35.5. The summed E-state index contributed by atoms with van der Waals surface area (Å²) < 4.78 is 27.7. The Kier molecular flexibility index (Phi) is 8.33. The van der Waals surface area contributed by atoms with Crippen molar-refractivity contribution >= 4 is 45.3 Å². The molecule has 2 aromatic heterocycles. The third-order valence-corrected chi connectivity index (χ3v) is 8.77. The summed E-state index contributed by atoms with van der Waals surface area (Å²) in [4.78, 5) is 31.1. The first kappa shape index (κ1) is 29.0. The number of carboxylic acids is 1. The fraction of sp³-hybridized carbons (Fsp3) is 0.435. The minimum Gasteiger partial charge on any atom is -0.477 e. The second kappa shape index (κ2) is 11.2. The molecule has 0 fully saturated rings. The Balaban J connectivity index is 1.48. The Hall–Kier alpha value is -3.04. The number of hydrogen-bond donors (Lipinski definition) is 2. The largest absolute Gasteiger partial charge is 0.477 e. The lowest BCUT2D eigenvalue weighted by Gasteiger charge is -2.33. The van der Waals surface area contributed by atoms with Gasteiger partial charge >= 0.3 is 16.2 Å². The van der Waals surface area contributed by atoms with Crippen LogP contribution < -0.4 is 5.32 Å². The average Bonchev–Trinajstić information content (AvgIpc) is 3.50. The van der Waals surface area contributed by atoms with E-state index in [0.717, 1.165) is 14.7 Å². The van der Waals surface area contributed by atoms with Crippen molar-refractivity contribution in [3.05, 3.63) is 62.9 Å². The van der Waals surface area contributed by atoms with Gasteiger partial charge in [-0.2, -0.15) is 17.8 Å². The van der Waals surface area contributed by atoms with Crippen molar-refractivity contribution in [2.75, 3.05) is 20.6 Å². The molecule has 3 heterocycles.